The minimum Gasteiger partial charge on any atom is -0.489 e. The molecule has 0 aromatic heterocycles. The van der Waals surface area contributed by atoms with Crippen LogP contribution in [0.15, 0.2) is 97.1 Å². The van der Waals surface area contributed by atoms with Crippen LogP contribution in [0.2, 0.25) is 0 Å². The summed E-state index contributed by atoms with van der Waals surface area (Å²) in [4.78, 5) is 30.5. The van der Waals surface area contributed by atoms with Crippen molar-refractivity contribution in [1.29, 1.82) is 0 Å². The number of carbonyl (C=O) groups excluding carboxylic acids is 2. The number of amides is 2. The smallest absolute Gasteiger partial charge is 0.253 e. The molecule has 0 unspecified atom stereocenters. The average molecular weight is 713 g/mol. The molecular formula is C40H44N2O10. The lowest BCUT2D eigenvalue weighted by atomic mass is 10.2. The highest BCUT2D eigenvalue weighted by Gasteiger charge is 2.24. The van der Waals surface area contributed by atoms with Crippen molar-refractivity contribution in [1.82, 2.24) is 0 Å². The van der Waals surface area contributed by atoms with Crippen LogP contribution < -0.4 is 28.7 Å². The van der Waals surface area contributed by atoms with Gasteiger partial charge >= 0.3 is 0 Å². The molecule has 0 radical (unpaired) electrons. The molecule has 0 N–H and O–H groups in total. The topological polar surface area (TPSA) is 114 Å². The van der Waals surface area contributed by atoms with Crippen molar-refractivity contribution in [3.63, 3.8) is 0 Å². The Morgan fingerprint density at radius 2 is 0.904 bits per heavy atom. The lowest BCUT2D eigenvalue weighted by Gasteiger charge is -2.27. The minimum atomic E-state index is -0.301. The molecule has 3 aliphatic heterocycles. The molecule has 2 amide bonds. The van der Waals surface area contributed by atoms with Gasteiger partial charge in [0.15, 0.2) is 0 Å². The fourth-order valence-corrected chi connectivity index (χ4v) is 5.61. The van der Waals surface area contributed by atoms with E-state index in [1.165, 1.54) is 0 Å². The van der Waals surface area contributed by atoms with Gasteiger partial charge in [0.2, 0.25) is 0 Å². The maximum absolute atomic E-state index is 13.7. The molecule has 7 rings (SSSR count). The van der Waals surface area contributed by atoms with Crippen LogP contribution in [0.4, 0.5) is 11.4 Å². The largest absolute Gasteiger partial charge is 0.489 e. The number of carbonyl (C=O) groups is 2. The van der Waals surface area contributed by atoms with Gasteiger partial charge in [0.1, 0.15) is 62.6 Å². The molecule has 12 nitrogen and oxygen atoms in total. The van der Waals surface area contributed by atoms with Crippen molar-refractivity contribution in [2.75, 3.05) is 89.0 Å². The lowest BCUT2D eigenvalue weighted by molar-refractivity contribution is -0.126. The van der Waals surface area contributed by atoms with E-state index in [1.54, 1.807) is 46.2 Å². The van der Waals surface area contributed by atoms with E-state index in [2.05, 4.69) is 0 Å². The van der Waals surface area contributed by atoms with Crippen molar-refractivity contribution in [2.24, 2.45) is 0 Å². The monoisotopic (exact) mass is 712 g/mol. The zero-order valence-corrected chi connectivity index (χ0v) is 29.1. The second-order valence-electron chi connectivity index (χ2n) is 11.9. The van der Waals surface area contributed by atoms with Crippen LogP contribution in [-0.2, 0) is 41.8 Å². The summed E-state index contributed by atoms with van der Waals surface area (Å²) in [7, 11) is 0. The molecule has 0 saturated carbocycles. The molecule has 2 bridgehead atoms. The molecule has 3 aliphatic rings. The molecule has 1 saturated heterocycles. The summed E-state index contributed by atoms with van der Waals surface area (Å²) in [5.41, 5.74) is 3.04. The first-order valence-corrected chi connectivity index (χ1v) is 17.4. The van der Waals surface area contributed by atoms with Gasteiger partial charge in [0, 0.05) is 25.2 Å². The third-order valence-electron chi connectivity index (χ3n) is 8.25. The number of hydrogen-bond acceptors (Lipinski definition) is 10. The molecular weight excluding hydrogens is 668 g/mol. The maximum atomic E-state index is 13.7. The van der Waals surface area contributed by atoms with Gasteiger partial charge in [-0.25, -0.2) is 0 Å². The van der Waals surface area contributed by atoms with E-state index in [0.29, 0.717) is 47.6 Å². The molecule has 3 heterocycles. The van der Waals surface area contributed by atoms with Crippen molar-refractivity contribution in [3.05, 3.63) is 108 Å². The van der Waals surface area contributed by atoms with Gasteiger partial charge in [-0.2, -0.15) is 0 Å². The molecule has 1 fully saturated rings. The Labute approximate surface area is 303 Å². The first-order valence-electron chi connectivity index (χ1n) is 17.4. The third kappa shape index (κ3) is 10.7. The molecule has 0 spiro atoms. The number of benzene rings is 4. The first kappa shape index (κ1) is 36.6. The van der Waals surface area contributed by atoms with Crippen molar-refractivity contribution >= 4 is 23.2 Å². The summed E-state index contributed by atoms with van der Waals surface area (Å²) in [6, 6.07) is 30.4. The first-order chi connectivity index (χ1) is 25.6. The van der Waals surface area contributed by atoms with E-state index in [1.807, 2.05) is 60.7 Å². The molecule has 4 aromatic carbocycles. The average Bonchev–Trinajstić information content (AvgIpc) is 3.17. The Morgan fingerprint density at radius 3 is 1.35 bits per heavy atom. The van der Waals surface area contributed by atoms with Crippen LogP contribution in [0.25, 0.3) is 0 Å². The van der Waals surface area contributed by atoms with Crippen LogP contribution in [0, 0.1) is 0 Å². The summed E-state index contributed by atoms with van der Waals surface area (Å²) in [6.45, 7) is 2.27. The van der Waals surface area contributed by atoms with E-state index in [-0.39, 0.29) is 91.0 Å². The number of rotatable bonds is 6. The van der Waals surface area contributed by atoms with Crippen LogP contribution >= 0.6 is 0 Å². The number of ether oxygens (including phenoxy) is 8. The standard InChI is InChI=1S/C40H44N2O10/c43-39-29-47-21-22-48-30-40(44)42-16-18-46-20-19-45-17-15-41(39)35-25-33(51-27-31-7-3-1-4-8-31)11-13-37(35)49-23-24-50-38-14-12-34(26-36(38)42)52-28-32-9-5-2-6-10-32/h1-14,25-26H,15-24,27-30H2. The Morgan fingerprint density at radius 1 is 0.481 bits per heavy atom. The Hall–Kier alpha value is -5.14. The number of nitrogens with zero attached hydrogens (tertiary/aromatic N) is 2. The van der Waals surface area contributed by atoms with Gasteiger partial charge in [-0.05, 0) is 35.4 Å². The molecule has 52 heavy (non-hydrogen) atoms. The predicted molar refractivity (Wildman–Crippen MR) is 193 cm³/mol. The fraction of sp³-hybridized carbons (Fsp3) is 0.350. The summed E-state index contributed by atoms with van der Waals surface area (Å²) in [6.07, 6.45) is 0. The van der Waals surface area contributed by atoms with Crippen molar-refractivity contribution < 1.29 is 47.5 Å². The van der Waals surface area contributed by atoms with Gasteiger partial charge in [0.05, 0.1) is 51.0 Å². The Kier molecular flexibility index (Phi) is 13.7. The zero-order chi connectivity index (χ0) is 35.8. The van der Waals surface area contributed by atoms with Crippen LogP contribution in [0.3, 0.4) is 0 Å². The van der Waals surface area contributed by atoms with Gasteiger partial charge in [-0.3, -0.25) is 9.59 Å². The van der Waals surface area contributed by atoms with Crippen LogP contribution in [-0.4, -0.2) is 91.0 Å². The van der Waals surface area contributed by atoms with E-state index in [4.69, 9.17) is 37.9 Å². The van der Waals surface area contributed by atoms with Crippen LogP contribution in [0.5, 0.6) is 23.0 Å². The second-order valence-corrected chi connectivity index (χ2v) is 11.9. The van der Waals surface area contributed by atoms with Gasteiger partial charge in [0.25, 0.3) is 11.8 Å². The summed E-state index contributed by atoms with van der Waals surface area (Å²) < 4.78 is 48.0. The van der Waals surface area contributed by atoms with Crippen molar-refractivity contribution in [3.8, 4) is 23.0 Å². The Balaban J connectivity index is 1.30. The van der Waals surface area contributed by atoms with Crippen molar-refractivity contribution in [2.45, 2.75) is 13.2 Å². The molecule has 0 aliphatic carbocycles. The quantitative estimate of drug-likeness (QED) is 0.269. The molecule has 12 heteroatoms. The Bertz CT molecular complexity index is 1600. The number of anilines is 2. The van der Waals surface area contributed by atoms with E-state index >= 15 is 0 Å². The maximum Gasteiger partial charge on any atom is 0.253 e. The molecule has 0 atom stereocenters. The highest BCUT2D eigenvalue weighted by molar-refractivity contribution is 5.96. The van der Waals surface area contributed by atoms with Gasteiger partial charge < -0.3 is 47.7 Å². The van der Waals surface area contributed by atoms with E-state index in [9.17, 15) is 9.59 Å². The fourth-order valence-electron chi connectivity index (χ4n) is 5.61. The second kappa shape index (κ2) is 19.5. The third-order valence-corrected chi connectivity index (χ3v) is 8.25. The van der Waals surface area contributed by atoms with E-state index < -0.39 is 0 Å². The minimum absolute atomic E-state index is 0.104. The summed E-state index contributed by atoms with van der Waals surface area (Å²) in [5, 5.41) is 0. The van der Waals surface area contributed by atoms with Gasteiger partial charge in [-0.1, -0.05) is 60.7 Å². The predicted octanol–water partition coefficient (Wildman–Crippen LogP) is 5.06. The lowest BCUT2D eigenvalue weighted by Crippen LogP contribution is -2.39. The highest BCUT2D eigenvalue weighted by atomic mass is 16.5. The van der Waals surface area contributed by atoms with Gasteiger partial charge in [-0.15, -0.1) is 0 Å². The SMILES string of the molecule is O=C1COCCOCC(=O)N2CCOCCOCCN1c1cc(OCc3ccccc3)ccc1OCCOc1ccc(OCc3ccccc3)cc12. The molecule has 4 aromatic rings. The van der Waals surface area contributed by atoms with E-state index in [0.717, 1.165) is 11.1 Å². The zero-order valence-electron chi connectivity index (χ0n) is 29.1. The highest BCUT2D eigenvalue weighted by Crippen LogP contribution is 2.35. The normalized spacial score (nSPS) is 16.8. The molecule has 274 valence electrons. The number of fused-ring (bicyclic) bond motifs is 17. The number of hydrogen-bond donors (Lipinski definition) is 0. The summed E-state index contributed by atoms with van der Waals surface area (Å²) >= 11 is 0. The summed E-state index contributed by atoms with van der Waals surface area (Å²) in [5.74, 6) is 1.45. The van der Waals surface area contributed by atoms with Crippen LogP contribution in [0.1, 0.15) is 11.1 Å².